The first kappa shape index (κ1) is 22.4. The van der Waals surface area contributed by atoms with Gasteiger partial charge in [-0.3, -0.25) is 14.7 Å². The maximum atomic E-state index is 13.2. The second kappa shape index (κ2) is 10.2. The molecule has 0 radical (unpaired) electrons. The molecule has 3 heterocycles. The summed E-state index contributed by atoms with van der Waals surface area (Å²) in [5, 5.41) is 7.30. The van der Waals surface area contributed by atoms with Crippen LogP contribution in [0, 0.1) is 6.92 Å². The number of hydrogen-bond acceptors (Lipinski definition) is 4. The van der Waals surface area contributed by atoms with Crippen LogP contribution >= 0.6 is 0 Å². The number of H-pyrrole nitrogens is 1. The topological polar surface area (TPSA) is 78.5 Å². The summed E-state index contributed by atoms with van der Waals surface area (Å²) < 4.78 is 5.45. The Bertz CT molecular complexity index is 946. The fourth-order valence-electron chi connectivity index (χ4n) is 4.98. The van der Waals surface area contributed by atoms with Gasteiger partial charge in [-0.05, 0) is 38.7 Å². The molecule has 7 heteroatoms. The minimum atomic E-state index is 0.0728. The molecular weight excluding hydrogens is 404 g/mol. The quantitative estimate of drug-likeness (QED) is 0.772. The van der Waals surface area contributed by atoms with Crippen molar-refractivity contribution in [2.75, 3.05) is 33.3 Å². The summed E-state index contributed by atoms with van der Waals surface area (Å²) >= 11 is 0. The van der Waals surface area contributed by atoms with Crippen molar-refractivity contribution in [1.29, 1.82) is 0 Å². The second-order valence-corrected chi connectivity index (χ2v) is 9.07. The predicted octanol–water partition coefficient (Wildman–Crippen LogP) is 3.69. The molecule has 0 saturated carbocycles. The van der Waals surface area contributed by atoms with Gasteiger partial charge in [-0.2, -0.15) is 5.10 Å². The molecule has 4 rings (SSSR count). The van der Waals surface area contributed by atoms with Crippen molar-refractivity contribution in [3.8, 4) is 5.75 Å². The van der Waals surface area contributed by atoms with Crippen molar-refractivity contribution < 1.29 is 14.3 Å². The number of ether oxygens (including phenoxy) is 1. The highest BCUT2D eigenvalue weighted by molar-refractivity contribution is 5.95. The molecule has 2 aromatic rings. The van der Waals surface area contributed by atoms with Gasteiger partial charge in [0.2, 0.25) is 5.91 Å². The Kier molecular flexibility index (Phi) is 7.12. The first-order valence-electron chi connectivity index (χ1n) is 11.8. The van der Waals surface area contributed by atoms with Crippen LogP contribution in [-0.2, 0) is 11.2 Å². The Morgan fingerprint density at radius 3 is 2.59 bits per heavy atom. The fourth-order valence-corrected chi connectivity index (χ4v) is 4.98. The minimum absolute atomic E-state index is 0.0728. The molecule has 1 atom stereocenters. The van der Waals surface area contributed by atoms with Gasteiger partial charge in [-0.1, -0.05) is 30.5 Å². The van der Waals surface area contributed by atoms with Crippen LogP contribution in [0.1, 0.15) is 71.6 Å². The zero-order chi connectivity index (χ0) is 22.5. The van der Waals surface area contributed by atoms with E-state index in [0.717, 1.165) is 67.9 Å². The highest BCUT2D eigenvalue weighted by Crippen LogP contribution is 2.30. The normalized spacial score (nSPS) is 19.5. The monoisotopic (exact) mass is 438 g/mol. The molecule has 0 aliphatic carbocycles. The number of nitrogens with zero attached hydrogens (tertiary/aromatic N) is 3. The number of methoxy groups -OCH3 is 1. The van der Waals surface area contributed by atoms with Crippen molar-refractivity contribution in [3.05, 3.63) is 46.8 Å². The molecule has 2 aliphatic rings. The van der Waals surface area contributed by atoms with Gasteiger partial charge in [0.25, 0.3) is 5.91 Å². The molecule has 0 unspecified atom stereocenters. The zero-order valence-corrected chi connectivity index (χ0v) is 19.2. The van der Waals surface area contributed by atoms with Crippen molar-refractivity contribution in [2.45, 2.75) is 57.8 Å². The van der Waals surface area contributed by atoms with E-state index in [0.29, 0.717) is 18.5 Å². The number of piperidine rings is 1. The molecule has 1 aromatic carbocycles. The molecule has 32 heavy (non-hydrogen) atoms. The average Bonchev–Trinajstić information content (AvgIpc) is 3.14. The molecule has 2 amide bonds. The molecule has 0 bridgehead atoms. The van der Waals surface area contributed by atoms with Gasteiger partial charge >= 0.3 is 0 Å². The number of benzene rings is 1. The van der Waals surface area contributed by atoms with Crippen molar-refractivity contribution >= 4 is 11.8 Å². The Morgan fingerprint density at radius 2 is 1.84 bits per heavy atom. The van der Waals surface area contributed by atoms with E-state index < -0.39 is 0 Å². The third-order valence-electron chi connectivity index (χ3n) is 6.75. The van der Waals surface area contributed by atoms with Crippen LogP contribution < -0.4 is 4.74 Å². The highest BCUT2D eigenvalue weighted by atomic mass is 16.5. The van der Waals surface area contributed by atoms with Crippen molar-refractivity contribution in [3.63, 3.8) is 0 Å². The van der Waals surface area contributed by atoms with Crippen LogP contribution in [0.4, 0.5) is 0 Å². The van der Waals surface area contributed by atoms with Crippen molar-refractivity contribution in [2.24, 2.45) is 0 Å². The lowest BCUT2D eigenvalue weighted by atomic mass is 9.91. The third kappa shape index (κ3) is 4.97. The Balaban J connectivity index is 1.46. The molecular formula is C25H34N4O3. The fraction of sp³-hybridized carbons (Fsp3) is 0.560. The first-order chi connectivity index (χ1) is 15.6. The van der Waals surface area contributed by atoms with E-state index in [4.69, 9.17) is 4.74 Å². The van der Waals surface area contributed by atoms with Gasteiger partial charge in [-0.25, -0.2) is 0 Å². The Hall–Kier alpha value is -2.83. The smallest absolute Gasteiger partial charge is 0.257 e. The lowest BCUT2D eigenvalue weighted by Crippen LogP contribution is -2.40. The van der Waals surface area contributed by atoms with E-state index >= 15 is 0 Å². The van der Waals surface area contributed by atoms with Gasteiger partial charge in [-0.15, -0.1) is 0 Å². The Labute approximate surface area is 190 Å². The minimum Gasteiger partial charge on any atom is -0.496 e. The number of likely N-dealkylation sites (tertiary alicyclic amines) is 2. The van der Waals surface area contributed by atoms with E-state index in [1.165, 1.54) is 12.8 Å². The van der Waals surface area contributed by atoms with Crippen LogP contribution in [0.5, 0.6) is 5.75 Å². The summed E-state index contributed by atoms with van der Waals surface area (Å²) in [4.78, 5) is 30.2. The number of amides is 2. The number of hydrogen-bond donors (Lipinski definition) is 1. The lowest BCUT2D eigenvalue weighted by molar-refractivity contribution is -0.131. The molecule has 172 valence electrons. The summed E-state index contributed by atoms with van der Waals surface area (Å²) in [6.45, 7) is 5.00. The molecule has 0 spiro atoms. The van der Waals surface area contributed by atoms with Crippen molar-refractivity contribution in [1.82, 2.24) is 20.0 Å². The van der Waals surface area contributed by atoms with Crippen LogP contribution in [0.2, 0.25) is 0 Å². The molecule has 2 aliphatic heterocycles. The zero-order valence-electron chi connectivity index (χ0n) is 19.2. The van der Waals surface area contributed by atoms with E-state index in [1.54, 1.807) is 13.3 Å². The Morgan fingerprint density at radius 1 is 1.09 bits per heavy atom. The van der Waals surface area contributed by atoms with Gasteiger partial charge < -0.3 is 14.5 Å². The summed E-state index contributed by atoms with van der Waals surface area (Å²) in [7, 11) is 1.64. The van der Waals surface area contributed by atoms with Gasteiger partial charge in [0, 0.05) is 37.7 Å². The maximum absolute atomic E-state index is 13.2. The van der Waals surface area contributed by atoms with Crippen LogP contribution in [0.3, 0.4) is 0 Å². The second-order valence-electron chi connectivity index (χ2n) is 9.07. The molecule has 2 saturated heterocycles. The van der Waals surface area contributed by atoms with E-state index in [2.05, 4.69) is 10.2 Å². The first-order valence-corrected chi connectivity index (χ1v) is 11.8. The summed E-state index contributed by atoms with van der Waals surface area (Å²) in [6, 6.07) is 5.93. The number of aryl methyl sites for hydroxylation is 1. The largest absolute Gasteiger partial charge is 0.496 e. The SMILES string of the molecule is COc1ccc(C)cc1CC(=O)N1CCC[C@H](c2[nH]ncc2C(=O)N2CCCCCC2)C1. The maximum Gasteiger partial charge on any atom is 0.257 e. The highest BCUT2D eigenvalue weighted by Gasteiger charge is 2.30. The number of carbonyl (C=O) groups excluding carboxylic acids is 2. The molecule has 1 aromatic heterocycles. The number of aromatic nitrogens is 2. The number of nitrogens with one attached hydrogen (secondary N) is 1. The predicted molar refractivity (Wildman–Crippen MR) is 123 cm³/mol. The van der Waals surface area contributed by atoms with Crippen LogP contribution in [0.15, 0.2) is 24.4 Å². The van der Waals surface area contributed by atoms with Crippen LogP contribution in [0.25, 0.3) is 0 Å². The number of rotatable bonds is 5. The van der Waals surface area contributed by atoms with E-state index in [-0.39, 0.29) is 17.7 Å². The number of aromatic amines is 1. The van der Waals surface area contributed by atoms with Crippen LogP contribution in [-0.4, -0.2) is 65.1 Å². The van der Waals surface area contributed by atoms with E-state index in [9.17, 15) is 9.59 Å². The average molecular weight is 439 g/mol. The summed E-state index contributed by atoms with van der Waals surface area (Å²) in [5.41, 5.74) is 3.58. The third-order valence-corrected chi connectivity index (χ3v) is 6.75. The van der Waals surface area contributed by atoms with E-state index in [1.807, 2.05) is 34.9 Å². The van der Waals surface area contributed by atoms with Gasteiger partial charge in [0.05, 0.1) is 31.0 Å². The molecule has 7 nitrogen and oxygen atoms in total. The standard InChI is InChI=1S/C25H34N4O3/c1-18-9-10-22(32-2)20(14-18)15-23(30)29-13-7-8-19(17-29)24-21(16-26-27-24)25(31)28-11-5-3-4-6-12-28/h9-10,14,16,19H,3-8,11-13,15,17H2,1-2H3,(H,26,27)/t19-/m0/s1. The summed E-state index contributed by atoms with van der Waals surface area (Å²) in [6.07, 6.45) is 8.35. The van der Waals surface area contributed by atoms with Gasteiger partial charge in [0.15, 0.2) is 0 Å². The van der Waals surface area contributed by atoms with Gasteiger partial charge in [0.1, 0.15) is 5.75 Å². The number of carbonyl (C=O) groups is 2. The molecule has 2 fully saturated rings. The summed E-state index contributed by atoms with van der Waals surface area (Å²) in [5.74, 6) is 1.01. The lowest BCUT2D eigenvalue weighted by Gasteiger charge is -2.33. The molecule has 1 N–H and O–H groups in total.